The number of H-pyrrole nitrogens is 1. The Hall–Kier alpha value is -4.65. The van der Waals surface area contributed by atoms with Gasteiger partial charge in [-0.2, -0.15) is 10.2 Å². The van der Waals surface area contributed by atoms with E-state index in [0.29, 0.717) is 17.9 Å². The smallest absolute Gasteiger partial charge is 0.269 e. The van der Waals surface area contributed by atoms with E-state index in [1.54, 1.807) is 13.2 Å². The highest BCUT2D eigenvalue weighted by Gasteiger charge is 2.15. The van der Waals surface area contributed by atoms with Gasteiger partial charge in [0.05, 0.1) is 24.2 Å². The number of hydrogen-bond donors (Lipinski definition) is 2. The van der Waals surface area contributed by atoms with Crippen LogP contribution in [0.2, 0.25) is 0 Å². The summed E-state index contributed by atoms with van der Waals surface area (Å²) in [5.74, 6) is 0.529. The Morgan fingerprint density at radius 1 is 0.941 bits per heavy atom. The Morgan fingerprint density at radius 3 is 2.35 bits per heavy atom. The molecule has 0 spiro atoms. The molecule has 7 heteroatoms. The first-order valence-corrected chi connectivity index (χ1v) is 10.9. The van der Waals surface area contributed by atoms with Crippen LogP contribution in [0.4, 0.5) is 0 Å². The van der Waals surface area contributed by atoms with Crippen LogP contribution in [0.25, 0.3) is 28.2 Å². The second kappa shape index (κ2) is 9.46. The fourth-order valence-corrected chi connectivity index (χ4v) is 3.71. The van der Waals surface area contributed by atoms with Gasteiger partial charge in [0.2, 0.25) is 0 Å². The van der Waals surface area contributed by atoms with Crippen molar-refractivity contribution in [2.24, 2.45) is 0 Å². The van der Waals surface area contributed by atoms with Crippen molar-refractivity contribution in [2.75, 3.05) is 7.11 Å². The molecule has 7 nitrogen and oxygen atoms in total. The fourth-order valence-electron chi connectivity index (χ4n) is 3.71. The van der Waals surface area contributed by atoms with E-state index >= 15 is 0 Å². The van der Waals surface area contributed by atoms with Gasteiger partial charge in [-0.05, 0) is 42.5 Å². The second-order valence-electron chi connectivity index (χ2n) is 7.73. The maximum Gasteiger partial charge on any atom is 0.269 e. The third kappa shape index (κ3) is 4.45. The van der Waals surface area contributed by atoms with Crippen LogP contribution in [0.15, 0.2) is 97.2 Å². The molecule has 0 radical (unpaired) electrons. The molecule has 2 N–H and O–H groups in total. The number of aromatic nitrogens is 4. The molecule has 0 saturated heterocycles. The number of para-hydroxylation sites is 1. The van der Waals surface area contributed by atoms with Crippen LogP contribution >= 0.6 is 0 Å². The molecule has 0 unspecified atom stereocenters. The molecule has 0 bridgehead atoms. The minimum atomic E-state index is -0.237. The minimum Gasteiger partial charge on any atom is -0.497 e. The van der Waals surface area contributed by atoms with Gasteiger partial charge >= 0.3 is 0 Å². The molecule has 1 amide bonds. The summed E-state index contributed by atoms with van der Waals surface area (Å²) in [4.78, 5) is 12.9. The Morgan fingerprint density at radius 2 is 1.65 bits per heavy atom. The van der Waals surface area contributed by atoms with Gasteiger partial charge in [0, 0.05) is 29.4 Å². The monoisotopic (exact) mass is 449 g/mol. The predicted octanol–water partition coefficient (Wildman–Crippen LogP) is 4.87. The van der Waals surface area contributed by atoms with Gasteiger partial charge in [0.1, 0.15) is 11.4 Å². The van der Waals surface area contributed by atoms with Gasteiger partial charge in [-0.25, -0.2) is 4.68 Å². The number of nitrogens with one attached hydrogen (secondary N) is 2. The van der Waals surface area contributed by atoms with Crippen molar-refractivity contribution >= 4 is 5.91 Å². The van der Waals surface area contributed by atoms with E-state index in [1.807, 2.05) is 95.8 Å². The lowest BCUT2D eigenvalue weighted by Crippen LogP contribution is -2.23. The second-order valence-corrected chi connectivity index (χ2v) is 7.73. The van der Waals surface area contributed by atoms with Crippen molar-refractivity contribution in [1.29, 1.82) is 0 Å². The number of amides is 1. The average molecular weight is 450 g/mol. The van der Waals surface area contributed by atoms with Gasteiger partial charge in [-0.1, -0.05) is 48.5 Å². The molecule has 34 heavy (non-hydrogen) atoms. The molecule has 5 rings (SSSR count). The number of methoxy groups -OCH3 is 1. The van der Waals surface area contributed by atoms with E-state index in [0.717, 1.165) is 33.8 Å². The van der Waals surface area contributed by atoms with Crippen molar-refractivity contribution in [2.45, 2.75) is 6.54 Å². The fraction of sp³-hybridized carbons (Fsp3) is 0.0741. The lowest BCUT2D eigenvalue weighted by molar-refractivity contribution is 0.0946. The van der Waals surface area contributed by atoms with Gasteiger partial charge in [-0.3, -0.25) is 9.89 Å². The standard InChI is InChI=1S/C27H23N5O2/c1-34-23-14-12-19(13-15-23)24-16-25(30-29-24)27(33)28-17-21-18-32(22-10-6-3-7-11-22)31-26(21)20-8-4-2-5-9-20/h2-16,18H,17H2,1H3,(H,28,33)(H,29,30). The molecule has 2 heterocycles. The maximum atomic E-state index is 12.9. The number of benzene rings is 3. The Kier molecular flexibility index (Phi) is 5.90. The Balaban J connectivity index is 1.36. The maximum absolute atomic E-state index is 12.9. The zero-order valence-corrected chi connectivity index (χ0v) is 18.6. The van der Waals surface area contributed by atoms with E-state index < -0.39 is 0 Å². The van der Waals surface area contributed by atoms with E-state index in [4.69, 9.17) is 9.84 Å². The quantitative estimate of drug-likeness (QED) is 0.371. The van der Waals surface area contributed by atoms with E-state index in [-0.39, 0.29) is 5.91 Å². The Bertz CT molecular complexity index is 1390. The highest BCUT2D eigenvalue weighted by molar-refractivity contribution is 5.93. The zero-order valence-electron chi connectivity index (χ0n) is 18.6. The van der Waals surface area contributed by atoms with Crippen LogP contribution in [0.3, 0.4) is 0 Å². The number of aromatic amines is 1. The molecule has 5 aromatic rings. The highest BCUT2D eigenvalue weighted by Crippen LogP contribution is 2.24. The number of carbonyl (C=O) groups excluding carboxylic acids is 1. The van der Waals surface area contributed by atoms with Gasteiger partial charge in [0.15, 0.2) is 0 Å². The lowest BCUT2D eigenvalue weighted by atomic mass is 10.1. The summed E-state index contributed by atoms with van der Waals surface area (Å²) < 4.78 is 7.03. The van der Waals surface area contributed by atoms with E-state index in [9.17, 15) is 4.79 Å². The first-order chi connectivity index (χ1) is 16.7. The van der Waals surface area contributed by atoms with Crippen LogP contribution in [0, 0.1) is 0 Å². The van der Waals surface area contributed by atoms with Gasteiger partial charge in [0.25, 0.3) is 5.91 Å². The molecule has 0 saturated carbocycles. The molecule has 3 aromatic carbocycles. The SMILES string of the molecule is COc1ccc(-c2cc(C(=O)NCc3cn(-c4ccccc4)nc3-c3ccccc3)[nH]n2)cc1. The van der Waals surface area contributed by atoms with Crippen LogP contribution in [0.5, 0.6) is 5.75 Å². The summed E-state index contributed by atoms with van der Waals surface area (Å²) in [6, 6.07) is 29.1. The van der Waals surface area contributed by atoms with Crippen LogP contribution in [-0.4, -0.2) is 33.0 Å². The topological polar surface area (TPSA) is 84.8 Å². The molecular weight excluding hydrogens is 426 g/mol. The largest absolute Gasteiger partial charge is 0.497 e. The first kappa shape index (κ1) is 21.2. The van der Waals surface area contributed by atoms with Crippen molar-refractivity contribution in [1.82, 2.24) is 25.3 Å². The van der Waals surface area contributed by atoms with Crippen molar-refractivity contribution in [3.8, 4) is 34.0 Å². The third-order valence-electron chi connectivity index (χ3n) is 5.51. The van der Waals surface area contributed by atoms with Crippen LogP contribution in [-0.2, 0) is 6.54 Å². The van der Waals surface area contributed by atoms with E-state index in [1.165, 1.54) is 0 Å². The van der Waals surface area contributed by atoms with Crippen LogP contribution in [0.1, 0.15) is 16.1 Å². The summed E-state index contributed by atoms with van der Waals surface area (Å²) in [6.45, 7) is 0.326. The summed E-state index contributed by atoms with van der Waals surface area (Å²) in [5.41, 5.74) is 5.66. The number of ether oxygens (including phenoxy) is 1. The van der Waals surface area contributed by atoms with Crippen LogP contribution < -0.4 is 10.1 Å². The molecule has 0 fully saturated rings. The zero-order chi connectivity index (χ0) is 23.3. The van der Waals surface area contributed by atoms with Crippen molar-refractivity contribution < 1.29 is 9.53 Å². The third-order valence-corrected chi connectivity index (χ3v) is 5.51. The summed E-state index contributed by atoms with van der Waals surface area (Å²) in [5, 5.41) is 14.9. The average Bonchev–Trinajstić information content (AvgIpc) is 3.57. The number of hydrogen-bond acceptors (Lipinski definition) is 4. The highest BCUT2D eigenvalue weighted by atomic mass is 16.5. The minimum absolute atomic E-state index is 0.237. The predicted molar refractivity (Wildman–Crippen MR) is 131 cm³/mol. The molecule has 0 aliphatic rings. The van der Waals surface area contributed by atoms with Gasteiger partial charge in [-0.15, -0.1) is 0 Å². The normalized spacial score (nSPS) is 10.7. The summed E-state index contributed by atoms with van der Waals surface area (Å²) in [7, 11) is 1.62. The summed E-state index contributed by atoms with van der Waals surface area (Å²) >= 11 is 0. The van der Waals surface area contributed by atoms with Crippen molar-refractivity contribution in [3.05, 3.63) is 108 Å². The number of nitrogens with zero attached hydrogens (tertiary/aromatic N) is 3. The lowest BCUT2D eigenvalue weighted by Gasteiger charge is -2.04. The number of rotatable bonds is 7. The molecule has 0 aliphatic carbocycles. The molecule has 168 valence electrons. The molecule has 0 atom stereocenters. The van der Waals surface area contributed by atoms with Crippen molar-refractivity contribution in [3.63, 3.8) is 0 Å². The first-order valence-electron chi connectivity index (χ1n) is 10.9. The summed E-state index contributed by atoms with van der Waals surface area (Å²) in [6.07, 6.45) is 1.95. The van der Waals surface area contributed by atoms with E-state index in [2.05, 4.69) is 15.5 Å². The van der Waals surface area contributed by atoms with Gasteiger partial charge < -0.3 is 10.1 Å². The molecule has 2 aromatic heterocycles. The molecule has 0 aliphatic heterocycles. The molecular formula is C27H23N5O2. The Labute approximate surface area is 197 Å². The number of carbonyl (C=O) groups is 1.